The van der Waals surface area contributed by atoms with Gasteiger partial charge in [0, 0.05) is 18.2 Å². The van der Waals surface area contributed by atoms with Crippen LogP contribution in [0.25, 0.3) is 11.4 Å². The fourth-order valence-corrected chi connectivity index (χ4v) is 2.40. The molecule has 1 aliphatic carbocycles. The number of nitrogens with zero attached hydrogens (tertiary/aromatic N) is 4. The van der Waals surface area contributed by atoms with Gasteiger partial charge in [0.2, 0.25) is 5.95 Å². The van der Waals surface area contributed by atoms with Crippen molar-refractivity contribution in [1.29, 1.82) is 0 Å². The average molecular weight is 308 g/mol. The standard InChI is InChI=1S/C16H16N6O/c17-15-14(21-23-22-15)13-8-12(11-6-7-11)19-16(20-13)18-9-10-4-2-1-3-5-10/h1-5,8,11H,6-7,9H2,(H2,17,22)(H,18,19,20). The third-order valence-corrected chi connectivity index (χ3v) is 3.79. The van der Waals surface area contributed by atoms with Crippen LogP contribution in [0.1, 0.15) is 30.0 Å². The predicted octanol–water partition coefficient (Wildman–Crippen LogP) is 2.60. The van der Waals surface area contributed by atoms with Crippen molar-refractivity contribution in [2.24, 2.45) is 0 Å². The van der Waals surface area contributed by atoms with E-state index in [4.69, 9.17) is 5.73 Å². The van der Waals surface area contributed by atoms with Crippen LogP contribution in [0, 0.1) is 0 Å². The molecule has 3 aromatic rings. The second-order valence-electron chi connectivity index (χ2n) is 5.61. The number of hydrogen-bond acceptors (Lipinski definition) is 7. The zero-order chi connectivity index (χ0) is 15.6. The van der Waals surface area contributed by atoms with Crippen molar-refractivity contribution >= 4 is 11.8 Å². The maximum Gasteiger partial charge on any atom is 0.223 e. The first-order valence-electron chi connectivity index (χ1n) is 7.55. The smallest absolute Gasteiger partial charge is 0.223 e. The van der Waals surface area contributed by atoms with Crippen molar-refractivity contribution < 1.29 is 4.63 Å². The normalized spacial score (nSPS) is 13.9. The van der Waals surface area contributed by atoms with E-state index in [2.05, 4.69) is 42.4 Å². The fraction of sp³-hybridized carbons (Fsp3) is 0.250. The van der Waals surface area contributed by atoms with Crippen LogP contribution >= 0.6 is 0 Å². The summed E-state index contributed by atoms with van der Waals surface area (Å²) in [6.07, 6.45) is 2.31. The Hall–Kier alpha value is -2.96. The third-order valence-electron chi connectivity index (χ3n) is 3.79. The van der Waals surface area contributed by atoms with Gasteiger partial charge < -0.3 is 11.1 Å². The van der Waals surface area contributed by atoms with Crippen LogP contribution in [0.3, 0.4) is 0 Å². The van der Waals surface area contributed by atoms with E-state index >= 15 is 0 Å². The molecule has 7 nitrogen and oxygen atoms in total. The summed E-state index contributed by atoms with van der Waals surface area (Å²) in [4.78, 5) is 9.11. The Kier molecular flexibility index (Phi) is 3.38. The lowest BCUT2D eigenvalue weighted by Gasteiger charge is -2.08. The van der Waals surface area contributed by atoms with Crippen LogP contribution in [0.15, 0.2) is 41.0 Å². The molecule has 0 spiro atoms. The van der Waals surface area contributed by atoms with Crippen LogP contribution in [0.5, 0.6) is 0 Å². The molecule has 0 amide bonds. The van der Waals surface area contributed by atoms with Gasteiger partial charge in [-0.1, -0.05) is 30.3 Å². The number of hydrogen-bond donors (Lipinski definition) is 2. The van der Waals surface area contributed by atoms with Gasteiger partial charge >= 0.3 is 0 Å². The van der Waals surface area contributed by atoms with E-state index in [0.717, 1.165) is 24.1 Å². The Morgan fingerprint density at radius 2 is 1.96 bits per heavy atom. The molecule has 1 aromatic carbocycles. The summed E-state index contributed by atoms with van der Waals surface area (Å²) >= 11 is 0. The van der Waals surface area contributed by atoms with Crippen LogP contribution in [-0.4, -0.2) is 20.3 Å². The molecule has 4 rings (SSSR count). The van der Waals surface area contributed by atoms with Crippen molar-refractivity contribution in [1.82, 2.24) is 20.3 Å². The molecule has 1 fully saturated rings. The van der Waals surface area contributed by atoms with Gasteiger partial charge in [-0.25, -0.2) is 14.6 Å². The van der Waals surface area contributed by atoms with Gasteiger partial charge in [0.05, 0.1) is 0 Å². The summed E-state index contributed by atoms with van der Waals surface area (Å²) in [6, 6.07) is 12.0. The van der Waals surface area contributed by atoms with E-state index in [1.54, 1.807) is 0 Å². The lowest BCUT2D eigenvalue weighted by Crippen LogP contribution is -2.06. The third kappa shape index (κ3) is 2.98. The van der Waals surface area contributed by atoms with E-state index in [-0.39, 0.29) is 5.82 Å². The lowest BCUT2D eigenvalue weighted by atomic mass is 10.2. The molecular weight excluding hydrogens is 292 g/mol. The Bertz CT molecular complexity index is 812. The van der Waals surface area contributed by atoms with Crippen molar-refractivity contribution in [3.8, 4) is 11.4 Å². The van der Waals surface area contributed by atoms with Crippen molar-refractivity contribution in [2.45, 2.75) is 25.3 Å². The van der Waals surface area contributed by atoms with Crippen molar-refractivity contribution in [3.05, 3.63) is 47.7 Å². The minimum atomic E-state index is 0.236. The number of aromatic nitrogens is 4. The van der Waals surface area contributed by atoms with Gasteiger partial charge in [-0.2, -0.15) is 0 Å². The second kappa shape index (κ2) is 5.68. The van der Waals surface area contributed by atoms with Crippen LogP contribution in [0.4, 0.5) is 11.8 Å². The van der Waals surface area contributed by atoms with Gasteiger partial charge in [0.15, 0.2) is 11.5 Å². The second-order valence-corrected chi connectivity index (χ2v) is 5.61. The fourth-order valence-electron chi connectivity index (χ4n) is 2.40. The maximum atomic E-state index is 5.78. The van der Waals surface area contributed by atoms with Gasteiger partial charge in [-0.3, -0.25) is 0 Å². The number of nitrogen functional groups attached to an aromatic ring is 1. The summed E-state index contributed by atoms with van der Waals surface area (Å²) in [5.74, 6) is 1.30. The maximum absolute atomic E-state index is 5.78. The highest BCUT2D eigenvalue weighted by atomic mass is 16.6. The Balaban J connectivity index is 1.63. The minimum absolute atomic E-state index is 0.236. The number of benzene rings is 1. The van der Waals surface area contributed by atoms with Gasteiger partial charge in [0.1, 0.15) is 5.69 Å². The largest absolute Gasteiger partial charge is 0.379 e. The molecule has 3 N–H and O–H groups in total. The van der Waals surface area contributed by atoms with E-state index in [1.807, 2.05) is 24.3 Å². The molecule has 0 aliphatic heterocycles. The number of nitrogens with two attached hydrogens (primary N) is 1. The molecule has 0 radical (unpaired) electrons. The molecule has 1 aliphatic rings. The molecular formula is C16H16N6O. The SMILES string of the molecule is Nc1nonc1-c1cc(C2CC2)nc(NCc2ccccc2)n1. The highest BCUT2D eigenvalue weighted by molar-refractivity contribution is 5.66. The van der Waals surface area contributed by atoms with E-state index in [9.17, 15) is 0 Å². The molecule has 23 heavy (non-hydrogen) atoms. The highest BCUT2D eigenvalue weighted by Crippen LogP contribution is 2.40. The molecule has 0 unspecified atom stereocenters. The molecule has 2 aromatic heterocycles. The van der Waals surface area contributed by atoms with Crippen LogP contribution in [-0.2, 0) is 6.54 Å². The number of anilines is 2. The molecule has 0 saturated heterocycles. The summed E-state index contributed by atoms with van der Waals surface area (Å²) in [6.45, 7) is 0.654. The van der Waals surface area contributed by atoms with E-state index < -0.39 is 0 Å². The summed E-state index contributed by atoms with van der Waals surface area (Å²) < 4.78 is 4.68. The van der Waals surface area contributed by atoms with E-state index in [0.29, 0.717) is 29.8 Å². The Morgan fingerprint density at radius 1 is 1.13 bits per heavy atom. The molecule has 2 heterocycles. The molecule has 1 saturated carbocycles. The zero-order valence-corrected chi connectivity index (χ0v) is 12.4. The average Bonchev–Trinajstić information content (AvgIpc) is 3.35. The van der Waals surface area contributed by atoms with Gasteiger partial charge in [0.25, 0.3) is 0 Å². The number of nitrogens with one attached hydrogen (secondary N) is 1. The summed E-state index contributed by atoms with van der Waals surface area (Å²) in [5.41, 5.74) is 9.04. The Labute approximate surface area is 132 Å². The highest BCUT2D eigenvalue weighted by Gasteiger charge is 2.27. The molecule has 116 valence electrons. The van der Waals surface area contributed by atoms with Crippen LogP contribution < -0.4 is 11.1 Å². The summed E-state index contributed by atoms with van der Waals surface area (Å²) in [7, 11) is 0. The minimum Gasteiger partial charge on any atom is -0.379 e. The van der Waals surface area contributed by atoms with Gasteiger partial charge in [-0.15, -0.1) is 0 Å². The van der Waals surface area contributed by atoms with Gasteiger partial charge in [-0.05, 0) is 34.8 Å². The molecule has 7 heteroatoms. The predicted molar refractivity (Wildman–Crippen MR) is 85.5 cm³/mol. The number of rotatable bonds is 5. The monoisotopic (exact) mass is 308 g/mol. The van der Waals surface area contributed by atoms with Crippen molar-refractivity contribution in [2.75, 3.05) is 11.1 Å². The summed E-state index contributed by atoms with van der Waals surface area (Å²) in [5, 5.41) is 10.7. The molecule has 0 atom stereocenters. The first-order valence-corrected chi connectivity index (χ1v) is 7.55. The van der Waals surface area contributed by atoms with Crippen molar-refractivity contribution in [3.63, 3.8) is 0 Å². The zero-order valence-electron chi connectivity index (χ0n) is 12.4. The Morgan fingerprint density at radius 3 is 2.65 bits per heavy atom. The van der Waals surface area contributed by atoms with E-state index in [1.165, 1.54) is 0 Å². The topological polar surface area (TPSA) is 103 Å². The first-order chi connectivity index (χ1) is 11.3. The first kappa shape index (κ1) is 13.7. The quantitative estimate of drug-likeness (QED) is 0.746. The lowest BCUT2D eigenvalue weighted by molar-refractivity contribution is 0.310. The van der Waals surface area contributed by atoms with Crippen LogP contribution in [0.2, 0.25) is 0 Å². The molecule has 0 bridgehead atoms.